The van der Waals surface area contributed by atoms with E-state index in [-0.39, 0.29) is 0 Å². The van der Waals surface area contributed by atoms with Crippen LogP contribution >= 0.6 is 0 Å². The molecule has 1 atom stereocenters. The number of hydrogen-bond donors (Lipinski definition) is 0. The average Bonchev–Trinajstić information content (AvgIpc) is 2.80. The van der Waals surface area contributed by atoms with Crippen LogP contribution in [0.5, 0.6) is 0 Å². The van der Waals surface area contributed by atoms with Crippen molar-refractivity contribution in [2.24, 2.45) is 0 Å². The third kappa shape index (κ3) is 6.50. The molecule has 1 unspecified atom stereocenters. The maximum absolute atomic E-state index is 10.3. The lowest BCUT2D eigenvalue weighted by atomic mass is 10.2. The molecule has 1 heterocycles. The summed E-state index contributed by atoms with van der Waals surface area (Å²) in [7, 11) is 2.20. The molecule has 0 bridgehead atoms. The van der Waals surface area contributed by atoms with E-state index in [1.54, 1.807) is 24.3 Å². The van der Waals surface area contributed by atoms with Gasteiger partial charge in [-0.1, -0.05) is 31.2 Å². The molecule has 0 aromatic carbocycles. The molecule has 0 spiro atoms. The van der Waals surface area contributed by atoms with Gasteiger partial charge in [-0.2, -0.15) is 0 Å². The molecule has 4 heteroatoms. The van der Waals surface area contributed by atoms with Gasteiger partial charge in [-0.05, 0) is 26.8 Å². The van der Waals surface area contributed by atoms with Crippen molar-refractivity contribution in [2.45, 2.75) is 32.7 Å². The highest BCUT2D eigenvalue weighted by atomic mass is 16.1. The maximum atomic E-state index is 10.3. The fourth-order valence-corrected chi connectivity index (χ4v) is 2.36. The second kappa shape index (κ2) is 10.2. The second-order valence-corrected chi connectivity index (χ2v) is 5.81. The van der Waals surface area contributed by atoms with Crippen LogP contribution in [-0.4, -0.2) is 61.6 Å². The number of rotatable bonds is 4. The van der Waals surface area contributed by atoms with Crippen LogP contribution < -0.4 is 0 Å². The number of hydrogen-bond acceptors (Lipinski definition) is 4. The van der Waals surface area contributed by atoms with Crippen molar-refractivity contribution in [2.75, 3.05) is 33.2 Å². The van der Waals surface area contributed by atoms with Crippen LogP contribution in [0.3, 0.4) is 0 Å². The van der Waals surface area contributed by atoms with Crippen LogP contribution in [0.1, 0.15) is 26.7 Å². The van der Waals surface area contributed by atoms with E-state index in [1.807, 2.05) is 0 Å². The van der Waals surface area contributed by atoms with Crippen molar-refractivity contribution >= 4 is 12.6 Å². The molecule has 1 saturated heterocycles. The number of carbonyl (C=O) groups excluding carboxylic acids is 2. The van der Waals surface area contributed by atoms with Crippen LogP contribution in [0, 0.1) is 0 Å². The molecule has 2 aliphatic rings. The minimum absolute atomic E-state index is 0.623. The summed E-state index contributed by atoms with van der Waals surface area (Å²) in [5.74, 6) is 0. The Morgan fingerprint density at radius 2 is 1.55 bits per heavy atom. The van der Waals surface area contributed by atoms with Gasteiger partial charge >= 0.3 is 0 Å². The van der Waals surface area contributed by atoms with Crippen molar-refractivity contribution in [3.8, 4) is 0 Å². The lowest BCUT2D eigenvalue weighted by molar-refractivity contribution is -0.105. The van der Waals surface area contributed by atoms with E-state index in [9.17, 15) is 9.59 Å². The smallest absolute Gasteiger partial charge is 0.149 e. The molecule has 22 heavy (non-hydrogen) atoms. The zero-order chi connectivity index (χ0) is 16.4. The number of allylic oxidation sites excluding steroid dienone is 6. The van der Waals surface area contributed by atoms with Crippen molar-refractivity contribution < 1.29 is 9.59 Å². The molecular formula is C18H28N2O2. The number of nitrogens with zero attached hydrogens (tertiary/aromatic N) is 2. The summed E-state index contributed by atoms with van der Waals surface area (Å²) in [4.78, 5) is 25.5. The molecule has 2 rings (SSSR count). The molecule has 0 amide bonds. The third-order valence-electron chi connectivity index (χ3n) is 4.20. The zero-order valence-corrected chi connectivity index (χ0v) is 14.0. The van der Waals surface area contributed by atoms with Crippen LogP contribution in [-0.2, 0) is 9.59 Å². The van der Waals surface area contributed by atoms with E-state index in [1.165, 1.54) is 32.6 Å². The van der Waals surface area contributed by atoms with Crippen LogP contribution in [0.25, 0.3) is 0 Å². The first-order valence-electron chi connectivity index (χ1n) is 8.02. The highest BCUT2D eigenvalue weighted by molar-refractivity contribution is 5.82. The van der Waals surface area contributed by atoms with Crippen molar-refractivity contribution in [1.82, 2.24) is 9.80 Å². The van der Waals surface area contributed by atoms with Gasteiger partial charge in [-0.15, -0.1) is 0 Å². The number of carbonyl (C=O) groups is 2. The zero-order valence-electron chi connectivity index (χ0n) is 14.0. The molecular weight excluding hydrogens is 276 g/mol. The van der Waals surface area contributed by atoms with E-state index < -0.39 is 0 Å². The predicted octanol–water partition coefficient (Wildman–Crippen LogP) is 2.23. The van der Waals surface area contributed by atoms with Crippen molar-refractivity contribution in [1.29, 1.82) is 0 Å². The number of likely N-dealkylation sites (N-methyl/N-ethyl adjacent to an activating group) is 1. The van der Waals surface area contributed by atoms with E-state index in [4.69, 9.17) is 0 Å². The molecule has 0 N–H and O–H groups in total. The normalized spacial score (nSPS) is 20.9. The minimum Gasteiger partial charge on any atom is -0.304 e. The van der Waals surface area contributed by atoms with Crippen molar-refractivity contribution in [3.05, 3.63) is 35.5 Å². The SMILES string of the molecule is CCC(C)N1CCN(C)CC1.O=CC1=CCC=C(C=O)C=C1. The van der Waals surface area contributed by atoms with Gasteiger partial charge in [0.05, 0.1) is 0 Å². The highest BCUT2D eigenvalue weighted by Gasteiger charge is 2.16. The Labute approximate surface area is 134 Å². The standard InChI is InChI=1S/C9H20N2.C9H8O2/c1-4-9(2)11-7-5-10(3)6-8-11;10-6-8-2-1-3-9(7-11)5-4-8/h9H,4-8H2,1-3H3;2-7H,1H2. The lowest BCUT2D eigenvalue weighted by Crippen LogP contribution is -2.47. The molecule has 0 saturated carbocycles. The second-order valence-electron chi connectivity index (χ2n) is 5.81. The Kier molecular flexibility index (Phi) is 8.63. The summed E-state index contributed by atoms with van der Waals surface area (Å²) < 4.78 is 0. The van der Waals surface area contributed by atoms with Gasteiger partial charge in [0.1, 0.15) is 12.6 Å². The molecule has 0 radical (unpaired) electrons. The minimum atomic E-state index is 0.623. The monoisotopic (exact) mass is 304 g/mol. The summed E-state index contributed by atoms with van der Waals surface area (Å²) in [6, 6.07) is 0.781. The van der Waals surface area contributed by atoms with Crippen LogP contribution in [0.15, 0.2) is 35.5 Å². The first-order chi connectivity index (χ1) is 10.6. The Morgan fingerprint density at radius 1 is 1.05 bits per heavy atom. The summed E-state index contributed by atoms with van der Waals surface area (Å²) in [6.07, 6.45) is 10.3. The Morgan fingerprint density at radius 3 is 1.95 bits per heavy atom. The lowest BCUT2D eigenvalue weighted by Gasteiger charge is -2.36. The van der Waals surface area contributed by atoms with Gasteiger partial charge in [-0.3, -0.25) is 14.5 Å². The summed E-state index contributed by atoms with van der Waals surface area (Å²) in [5.41, 5.74) is 1.25. The van der Waals surface area contributed by atoms with Gasteiger partial charge in [0, 0.05) is 43.4 Å². The molecule has 4 nitrogen and oxygen atoms in total. The van der Waals surface area contributed by atoms with E-state index >= 15 is 0 Å². The van der Waals surface area contributed by atoms with Gasteiger partial charge in [-0.25, -0.2) is 0 Å². The van der Waals surface area contributed by atoms with Crippen LogP contribution in [0.4, 0.5) is 0 Å². The van der Waals surface area contributed by atoms with Gasteiger partial charge in [0.2, 0.25) is 0 Å². The largest absolute Gasteiger partial charge is 0.304 e. The molecule has 122 valence electrons. The molecule has 0 aromatic rings. The first-order valence-corrected chi connectivity index (χ1v) is 8.02. The molecule has 1 aliphatic heterocycles. The fraction of sp³-hybridized carbons (Fsp3) is 0.556. The predicted molar refractivity (Wildman–Crippen MR) is 90.9 cm³/mol. The molecule has 0 aromatic heterocycles. The molecule has 1 fully saturated rings. The summed E-state index contributed by atoms with van der Waals surface area (Å²) in [6.45, 7) is 9.58. The Balaban J connectivity index is 0.000000220. The first kappa shape index (κ1) is 18.5. The summed E-state index contributed by atoms with van der Waals surface area (Å²) in [5, 5.41) is 0. The van der Waals surface area contributed by atoms with E-state index in [0.29, 0.717) is 17.6 Å². The van der Waals surface area contributed by atoms with Gasteiger partial charge in [0.15, 0.2) is 0 Å². The van der Waals surface area contributed by atoms with E-state index in [0.717, 1.165) is 18.6 Å². The number of piperazine rings is 1. The van der Waals surface area contributed by atoms with Gasteiger partial charge < -0.3 is 4.90 Å². The third-order valence-corrected chi connectivity index (χ3v) is 4.20. The van der Waals surface area contributed by atoms with Crippen LogP contribution in [0.2, 0.25) is 0 Å². The van der Waals surface area contributed by atoms with Gasteiger partial charge in [0.25, 0.3) is 0 Å². The van der Waals surface area contributed by atoms with E-state index in [2.05, 4.69) is 30.7 Å². The Bertz CT molecular complexity index is 418. The summed E-state index contributed by atoms with van der Waals surface area (Å²) >= 11 is 0. The maximum Gasteiger partial charge on any atom is 0.149 e. The Hall–Kier alpha value is -1.52. The average molecular weight is 304 g/mol. The molecule has 1 aliphatic carbocycles. The number of aldehydes is 2. The fourth-order valence-electron chi connectivity index (χ4n) is 2.36. The topological polar surface area (TPSA) is 40.6 Å². The highest BCUT2D eigenvalue weighted by Crippen LogP contribution is 2.07. The van der Waals surface area contributed by atoms with Crippen molar-refractivity contribution in [3.63, 3.8) is 0 Å². The quantitative estimate of drug-likeness (QED) is 0.747.